The number of aliphatic hydroxyl groups excluding tert-OH is 1. The van der Waals surface area contributed by atoms with Crippen molar-refractivity contribution in [1.29, 1.82) is 0 Å². The van der Waals surface area contributed by atoms with Crippen molar-refractivity contribution in [2.45, 2.75) is 19.1 Å². The summed E-state index contributed by atoms with van der Waals surface area (Å²) in [6.45, 7) is 0.121. The zero-order valence-electron chi connectivity index (χ0n) is 12.8. The van der Waals surface area contributed by atoms with Crippen molar-refractivity contribution in [2.75, 3.05) is 11.5 Å². The van der Waals surface area contributed by atoms with Gasteiger partial charge in [-0.15, -0.1) is 0 Å². The maximum Gasteiger partial charge on any atom is 0.273 e. The van der Waals surface area contributed by atoms with Crippen LogP contribution in [-0.4, -0.2) is 28.6 Å². The van der Waals surface area contributed by atoms with Crippen LogP contribution in [0.25, 0.3) is 0 Å². The van der Waals surface area contributed by atoms with Gasteiger partial charge in [-0.1, -0.05) is 30.3 Å². The first-order valence-electron chi connectivity index (χ1n) is 7.51. The Balaban J connectivity index is 2.00. The first-order valence-corrected chi connectivity index (χ1v) is 7.51. The summed E-state index contributed by atoms with van der Waals surface area (Å²) in [6.07, 6.45) is -0.722. The summed E-state index contributed by atoms with van der Waals surface area (Å²) < 4.78 is 5.59. The van der Waals surface area contributed by atoms with Crippen molar-refractivity contribution in [3.8, 4) is 5.75 Å². The molecule has 1 unspecified atom stereocenters. The SMILES string of the molecule is O=C1C(CCO)Oc2cc([N+](=O)[O-])ccc2N1Cc1ccccc1. The third kappa shape index (κ3) is 3.07. The van der Waals surface area contributed by atoms with Gasteiger partial charge in [0, 0.05) is 19.1 Å². The summed E-state index contributed by atoms with van der Waals surface area (Å²) in [5, 5.41) is 20.1. The number of ether oxygens (including phenoxy) is 1. The molecule has 0 bridgehead atoms. The summed E-state index contributed by atoms with van der Waals surface area (Å²) in [5.41, 5.74) is 1.31. The summed E-state index contributed by atoms with van der Waals surface area (Å²) in [4.78, 5) is 24.6. The van der Waals surface area contributed by atoms with Gasteiger partial charge in [-0.2, -0.15) is 0 Å². The standard InChI is InChI=1S/C17H16N2O5/c20-9-8-15-17(21)18(11-12-4-2-1-3-5-12)14-7-6-13(19(22)23)10-16(14)24-15/h1-7,10,15,20H,8-9,11H2. The van der Waals surface area contributed by atoms with Gasteiger partial charge in [0.15, 0.2) is 11.9 Å². The van der Waals surface area contributed by atoms with Gasteiger partial charge in [0.25, 0.3) is 11.6 Å². The van der Waals surface area contributed by atoms with E-state index in [0.29, 0.717) is 12.2 Å². The Morgan fingerprint density at radius 2 is 1.96 bits per heavy atom. The molecule has 7 heteroatoms. The molecule has 0 aromatic heterocycles. The number of rotatable bonds is 5. The largest absolute Gasteiger partial charge is 0.478 e. The molecule has 0 radical (unpaired) electrons. The lowest BCUT2D eigenvalue weighted by molar-refractivity contribution is -0.384. The van der Waals surface area contributed by atoms with E-state index in [1.165, 1.54) is 23.1 Å². The molecule has 1 aliphatic rings. The van der Waals surface area contributed by atoms with Crippen LogP contribution >= 0.6 is 0 Å². The van der Waals surface area contributed by atoms with E-state index in [1.807, 2.05) is 30.3 Å². The lowest BCUT2D eigenvalue weighted by Gasteiger charge is -2.34. The first-order chi connectivity index (χ1) is 11.6. The van der Waals surface area contributed by atoms with Crippen LogP contribution in [0.2, 0.25) is 0 Å². The van der Waals surface area contributed by atoms with E-state index >= 15 is 0 Å². The highest BCUT2D eigenvalue weighted by Gasteiger charge is 2.35. The number of carbonyl (C=O) groups is 1. The van der Waals surface area contributed by atoms with E-state index in [1.54, 1.807) is 0 Å². The van der Waals surface area contributed by atoms with E-state index in [0.717, 1.165) is 5.56 Å². The zero-order valence-corrected chi connectivity index (χ0v) is 12.8. The number of nitrogens with zero attached hydrogens (tertiary/aromatic N) is 2. The van der Waals surface area contributed by atoms with Gasteiger partial charge in [0.2, 0.25) is 0 Å². The minimum Gasteiger partial charge on any atom is -0.478 e. The number of non-ortho nitro benzene ring substituents is 1. The lowest BCUT2D eigenvalue weighted by atomic mass is 10.1. The fourth-order valence-electron chi connectivity index (χ4n) is 2.66. The molecule has 0 spiro atoms. The summed E-state index contributed by atoms with van der Waals surface area (Å²) in [6, 6.07) is 13.6. The Labute approximate surface area is 138 Å². The molecule has 24 heavy (non-hydrogen) atoms. The maximum atomic E-state index is 12.7. The number of amides is 1. The van der Waals surface area contributed by atoms with E-state index in [2.05, 4.69) is 0 Å². The fourth-order valence-corrected chi connectivity index (χ4v) is 2.66. The highest BCUT2D eigenvalue weighted by Crippen LogP contribution is 2.38. The van der Waals surface area contributed by atoms with Crippen LogP contribution in [0.1, 0.15) is 12.0 Å². The van der Waals surface area contributed by atoms with Crippen LogP contribution in [0.4, 0.5) is 11.4 Å². The molecular weight excluding hydrogens is 312 g/mol. The minimum atomic E-state index is -0.854. The molecule has 1 N–H and O–H groups in total. The van der Waals surface area contributed by atoms with Crippen molar-refractivity contribution in [3.63, 3.8) is 0 Å². The number of benzene rings is 2. The summed E-state index contributed by atoms with van der Waals surface area (Å²) in [5.74, 6) is 0.00689. The minimum absolute atomic E-state index is 0.106. The molecule has 0 aliphatic carbocycles. The summed E-state index contributed by atoms with van der Waals surface area (Å²) in [7, 11) is 0. The Hall–Kier alpha value is -2.93. The van der Waals surface area contributed by atoms with Crippen LogP contribution in [0.3, 0.4) is 0 Å². The zero-order chi connectivity index (χ0) is 17.1. The molecule has 2 aromatic rings. The molecule has 0 fully saturated rings. The third-order valence-electron chi connectivity index (χ3n) is 3.83. The number of anilines is 1. The van der Waals surface area contributed by atoms with Gasteiger partial charge in [-0.3, -0.25) is 14.9 Å². The quantitative estimate of drug-likeness (QED) is 0.671. The van der Waals surface area contributed by atoms with Gasteiger partial charge in [-0.05, 0) is 11.6 Å². The monoisotopic (exact) mass is 328 g/mol. The third-order valence-corrected chi connectivity index (χ3v) is 3.83. The molecule has 1 amide bonds. The maximum absolute atomic E-state index is 12.7. The van der Waals surface area contributed by atoms with Gasteiger partial charge in [0.05, 0.1) is 23.2 Å². The molecule has 3 rings (SSSR count). The van der Waals surface area contributed by atoms with Crippen molar-refractivity contribution in [3.05, 3.63) is 64.2 Å². The number of carbonyl (C=O) groups excluding carboxylic acids is 1. The van der Waals surface area contributed by atoms with Gasteiger partial charge >= 0.3 is 0 Å². The number of fused-ring (bicyclic) bond motifs is 1. The normalized spacial score (nSPS) is 16.5. The average Bonchev–Trinajstić information content (AvgIpc) is 2.59. The number of aliphatic hydroxyl groups is 1. The first kappa shape index (κ1) is 15.9. The lowest BCUT2D eigenvalue weighted by Crippen LogP contribution is -2.45. The Morgan fingerprint density at radius 1 is 1.21 bits per heavy atom. The van der Waals surface area contributed by atoms with Crippen molar-refractivity contribution in [2.24, 2.45) is 0 Å². The Morgan fingerprint density at radius 3 is 2.62 bits per heavy atom. The van der Waals surface area contributed by atoms with E-state index in [4.69, 9.17) is 9.84 Å². The number of nitro benzene ring substituents is 1. The molecule has 0 saturated heterocycles. The predicted octanol–water partition coefficient (Wildman–Crippen LogP) is 2.27. The average molecular weight is 328 g/mol. The highest BCUT2D eigenvalue weighted by atomic mass is 16.6. The van der Waals surface area contributed by atoms with Gasteiger partial charge < -0.3 is 14.7 Å². The molecule has 124 valence electrons. The van der Waals surface area contributed by atoms with Crippen LogP contribution < -0.4 is 9.64 Å². The molecule has 7 nitrogen and oxygen atoms in total. The predicted molar refractivity (Wildman–Crippen MR) is 86.8 cm³/mol. The number of hydrogen-bond acceptors (Lipinski definition) is 5. The second-order valence-corrected chi connectivity index (χ2v) is 5.44. The van der Waals surface area contributed by atoms with Crippen LogP contribution in [0.15, 0.2) is 48.5 Å². The summed E-state index contributed by atoms with van der Waals surface area (Å²) >= 11 is 0. The molecule has 2 aromatic carbocycles. The Kier molecular flexibility index (Phi) is 4.43. The molecular formula is C17H16N2O5. The second-order valence-electron chi connectivity index (χ2n) is 5.44. The highest BCUT2D eigenvalue weighted by molar-refractivity contribution is 6.00. The fraction of sp³-hybridized carbons (Fsp3) is 0.235. The van der Waals surface area contributed by atoms with Crippen LogP contribution in [-0.2, 0) is 11.3 Å². The second kappa shape index (κ2) is 6.67. The Bertz CT molecular complexity index is 763. The van der Waals surface area contributed by atoms with E-state index in [9.17, 15) is 14.9 Å². The molecule has 0 saturated carbocycles. The smallest absolute Gasteiger partial charge is 0.273 e. The van der Waals surface area contributed by atoms with E-state index in [-0.39, 0.29) is 30.4 Å². The van der Waals surface area contributed by atoms with Gasteiger partial charge in [0.1, 0.15) is 0 Å². The number of nitro groups is 1. The van der Waals surface area contributed by atoms with Crippen LogP contribution in [0, 0.1) is 10.1 Å². The molecule has 1 aliphatic heterocycles. The van der Waals surface area contributed by atoms with Crippen molar-refractivity contribution >= 4 is 17.3 Å². The number of hydrogen-bond donors (Lipinski definition) is 1. The van der Waals surface area contributed by atoms with Crippen molar-refractivity contribution in [1.82, 2.24) is 0 Å². The van der Waals surface area contributed by atoms with Gasteiger partial charge in [-0.25, -0.2) is 0 Å². The van der Waals surface area contributed by atoms with Crippen molar-refractivity contribution < 1.29 is 19.6 Å². The van der Waals surface area contributed by atoms with Crippen LogP contribution in [0.5, 0.6) is 5.75 Å². The molecule has 1 heterocycles. The topological polar surface area (TPSA) is 92.9 Å². The van der Waals surface area contributed by atoms with E-state index < -0.39 is 11.0 Å². The molecule has 1 atom stereocenters.